The maximum absolute atomic E-state index is 13.4. The van der Waals surface area contributed by atoms with E-state index in [1.807, 2.05) is 0 Å². The van der Waals surface area contributed by atoms with E-state index in [0.717, 1.165) is 17.7 Å². The Hall–Kier alpha value is -3.94. The van der Waals surface area contributed by atoms with Gasteiger partial charge in [0.15, 0.2) is 0 Å². The van der Waals surface area contributed by atoms with Gasteiger partial charge in [-0.2, -0.15) is 0 Å². The lowest BCUT2D eigenvalue weighted by Crippen LogP contribution is -2.58. The summed E-state index contributed by atoms with van der Waals surface area (Å²) >= 11 is 0. The normalized spacial score (nSPS) is 15.3. The first-order chi connectivity index (χ1) is 20.2. The minimum atomic E-state index is -1.47. The van der Waals surface area contributed by atoms with Crippen molar-refractivity contribution in [3.63, 3.8) is 0 Å². The lowest BCUT2D eigenvalue weighted by molar-refractivity contribution is -0.154. The van der Waals surface area contributed by atoms with Gasteiger partial charge in [0, 0.05) is 24.4 Å². The van der Waals surface area contributed by atoms with Gasteiger partial charge in [-0.1, -0.05) is 32.4 Å². The molecule has 0 aromatic heterocycles. The molecule has 1 heterocycles. The summed E-state index contributed by atoms with van der Waals surface area (Å²) in [5.74, 6) is -4.79. The number of ether oxygens (including phenoxy) is 1. The number of imide groups is 1. The van der Waals surface area contributed by atoms with Gasteiger partial charge in [-0.3, -0.25) is 33.7 Å². The second-order valence-electron chi connectivity index (χ2n) is 11.7. The third-order valence-corrected chi connectivity index (χ3v) is 6.76. The van der Waals surface area contributed by atoms with Gasteiger partial charge in [-0.15, -0.1) is 0 Å². The van der Waals surface area contributed by atoms with Crippen LogP contribution in [-0.2, 0) is 40.1 Å². The van der Waals surface area contributed by atoms with Crippen LogP contribution in [0.1, 0.15) is 59.4 Å². The topological polar surface area (TPSA) is 203 Å². The van der Waals surface area contributed by atoms with Gasteiger partial charge >= 0.3 is 5.97 Å². The van der Waals surface area contributed by atoms with Crippen LogP contribution < -0.4 is 27.6 Å². The summed E-state index contributed by atoms with van der Waals surface area (Å²) in [5, 5.41) is 2.66. The Morgan fingerprint density at radius 1 is 0.930 bits per heavy atom. The third-order valence-electron chi connectivity index (χ3n) is 6.76. The molecule has 1 aliphatic heterocycles. The van der Waals surface area contributed by atoms with E-state index in [4.69, 9.17) is 16.2 Å². The SMILES string of the molecule is CC(C)[C@H](NC(=O)[C@H](CCCCN)NNc1ccc(COC(=O)C(C)(C)C)cc1)C(=O)C(=O)C(CN)N1C(=O)C=CC1=O. The molecule has 2 rings (SSSR count). The molecule has 3 amide bonds. The van der Waals surface area contributed by atoms with Gasteiger partial charge in [0.05, 0.1) is 11.5 Å². The zero-order chi connectivity index (χ0) is 32.3. The number of rotatable bonds is 17. The van der Waals surface area contributed by atoms with Gasteiger partial charge in [-0.05, 0) is 63.8 Å². The summed E-state index contributed by atoms with van der Waals surface area (Å²) in [6.45, 7) is 8.78. The maximum Gasteiger partial charge on any atom is 0.311 e. The largest absolute Gasteiger partial charge is 0.460 e. The first-order valence-electron chi connectivity index (χ1n) is 14.3. The number of amides is 3. The van der Waals surface area contributed by atoms with Crippen LogP contribution in [-0.4, -0.2) is 71.4 Å². The lowest BCUT2D eigenvalue weighted by Gasteiger charge is -2.28. The van der Waals surface area contributed by atoms with Crippen LogP contribution in [0, 0.1) is 11.3 Å². The monoisotopic (exact) mass is 600 g/mol. The minimum absolute atomic E-state index is 0.124. The van der Waals surface area contributed by atoms with Crippen molar-refractivity contribution in [3.05, 3.63) is 42.0 Å². The number of anilines is 1. The Morgan fingerprint density at radius 2 is 1.53 bits per heavy atom. The van der Waals surface area contributed by atoms with Crippen LogP contribution in [0.5, 0.6) is 0 Å². The number of esters is 1. The van der Waals surface area contributed by atoms with Crippen molar-refractivity contribution in [3.8, 4) is 0 Å². The summed E-state index contributed by atoms with van der Waals surface area (Å²) < 4.78 is 5.33. The standard InChI is InChI=1S/C30H44N6O7/c1-18(2)25(27(40)26(39)22(16-32)36-23(37)13-14-24(36)38)33-28(41)21(8-6-7-15-31)35-34-20-11-9-19(10-12-20)17-43-29(42)30(3,4)5/h9-14,18,21-22,25,34-35H,6-8,15-17,31-32H2,1-5H3,(H,33,41)/t21-,22?,25-/m0/s1. The number of carbonyl (C=O) groups excluding carboxylic acids is 6. The summed E-state index contributed by atoms with van der Waals surface area (Å²) in [7, 11) is 0. The molecule has 7 N–H and O–H groups in total. The number of benzene rings is 1. The molecule has 0 saturated carbocycles. The number of nitrogens with zero attached hydrogens (tertiary/aromatic N) is 1. The summed E-state index contributed by atoms with van der Waals surface area (Å²) in [4.78, 5) is 76.6. The van der Waals surface area contributed by atoms with Crippen molar-refractivity contribution in [2.75, 3.05) is 18.5 Å². The van der Waals surface area contributed by atoms with Gasteiger partial charge in [0.25, 0.3) is 11.8 Å². The summed E-state index contributed by atoms with van der Waals surface area (Å²) in [6.07, 6.45) is 3.66. The Morgan fingerprint density at radius 3 is 2.05 bits per heavy atom. The highest BCUT2D eigenvalue weighted by atomic mass is 16.5. The van der Waals surface area contributed by atoms with Crippen molar-refractivity contribution in [1.29, 1.82) is 0 Å². The smallest absolute Gasteiger partial charge is 0.311 e. The molecular weight excluding hydrogens is 556 g/mol. The first-order valence-corrected chi connectivity index (χ1v) is 14.3. The number of hydrogen-bond acceptors (Lipinski definition) is 11. The van der Waals surface area contributed by atoms with Crippen LogP contribution in [0.15, 0.2) is 36.4 Å². The number of nitrogens with one attached hydrogen (secondary N) is 3. The van der Waals surface area contributed by atoms with Gasteiger partial charge in [-0.25, -0.2) is 5.43 Å². The quantitative estimate of drug-likeness (QED) is 0.0554. The van der Waals surface area contributed by atoms with Crippen molar-refractivity contribution in [1.82, 2.24) is 15.6 Å². The molecular formula is C30H44N6O7. The average molecular weight is 601 g/mol. The number of carbonyl (C=O) groups is 6. The van der Waals surface area contributed by atoms with Gasteiger partial charge in [0.1, 0.15) is 18.7 Å². The molecule has 1 aromatic carbocycles. The second kappa shape index (κ2) is 16.1. The third kappa shape index (κ3) is 10.1. The highest BCUT2D eigenvalue weighted by molar-refractivity contribution is 6.42. The molecule has 0 radical (unpaired) electrons. The molecule has 3 atom stereocenters. The summed E-state index contributed by atoms with van der Waals surface area (Å²) in [5.41, 5.74) is 18.1. The number of unbranched alkanes of at least 4 members (excludes halogenated alkanes) is 1. The molecule has 13 heteroatoms. The van der Waals surface area contributed by atoms with Gasteiger partial charge < -0.3 is 26.9 Å². The van der Waals surface area contributed by atoms with E-state index in [-0.39, 0.29) is 12.6 Å². The van der Waals surface area contributed by atoms with Crippen molar-refractivity contribution >= 4 is 40.9 Å². The molecule has 43 heavy (non-hydrogen) atoms. The van der Waals surface area contributed by atoms with E-state index < -0.39 is 65.3 Å². The first kappa shape index (κ1) is 35.3. The van der Waals surface area contributed by atoms with E-state index in [9.17, 15) is 28.8 Å². The van der Waals surface area contributed by atoms with E-state index in [2.05, 4.69) is 16.2 Å². The lowest BCUT2D eigenvalue weighted by atomic mass is 9.93. The van der Waals surface area contributed by atoms with Crippen LogP contribution >= 0.6 is 0 Å². The number of Topliss-reactive ketones (excluding diaryl/α,β-unsaturated/α-hetero) is 2. The fourth-order valence-electron chi connectivity index (χ4n) is 4.14. The van der Waals surface area contributed by atoms with E-state index in [0.29, 0.717) is 36.4 Å². The van der Waals surface area contributed by atoms with Crippen LogP contribution in [0.4, 0.5) is 5.69 Å². The van der Waals surface area contributed by atoms with E-state index >= 15 is 0 Å². The number of nitrogens with two attached hydrogens (primary N) is 2. The molecule has 0 saturated heterocycles. The molecule has 1 aliphatic rings. The van der Waals surface area contributed by atoms with Crippen molar-refractivity contribution in [2.45, 2.75) is 78.6 Å². The zero-order valence-corrected chi connectivity index (χ0v) is 25.5. The Kier molecular flexibility index (Phi) is 13.2. The molecule has 13 nitrogen and oxygen atoms in total. The molecule has 0 bridgehead atoms. The predicted molar refractivity (Wildman–Crippen MR) is 160 cm³/mol. The van der Waals surface area contributed by atoms with Crippen molar-refractivity contribution < 1.29 is 33.5 Å². The predicted octanol–water partition coefficient (Wildman–Crippen LogP) is 0.721. The van der Waals surface area contributed by atoms with Crippen LogP contribution in [0.3, 0.4) is 0 Å². The number of hydrazine groups is 1. The highest BCUT2D eigenvalue weighted by Crippen LogP contribution is 2.18. The summed E-state index contributed by atoms with van der Waals surface area (Å²) in [6, 6.07) is 3.57. The van der Waals surface area contributed by atoms with E-state index in [1.54, 1.807) is 58.9 Å². The highest BCUT2D eigenvalue weighted by Gasteiger charge is 2.41. The fourth-order valence-corrected chi connectivity index (χ4v) is 4.14. The minimum Gasteiger partial charge on any atom is -0.460 e. The molecule has 0 aliphatic carbocycles. The van der Waals surface area contributed by atoms with Crippen LogP contribution in [0.25, 0.3) is 0 Å². The molecule has 236 valence electrons. The van der Waals surface area contributed by atoms with Gasteiger partial charge in [0.2, 0.25) is 17.5 Å². The van der Waals surface area contributed by atoms with E-state index in [1.165, 1.54) is 0 Å². The molecule has 1 unspecified atom stereocenters. The Bertz CT molecular complexity index is 1190. The number of ketones is 2. The molecule has 1 aromatic rings. The maximum atomic E-state index is 13.4. The number of hydrogen-bond donors (Lipinski definition) is 5. The Balaban J connectivity index is 2.10. The van der Waals surface area contributed by atoms with Crippen molar-refractivity contribution in [2.24, 2.45) is 22.8 Å². The zero-order valence-electron chi connectivity index (χ0n) is 25.5. The second-order valence-corrected chi connectivity index (χ2v) is 11.7. The fraction of sp³-hybridized carbons (Fsp3) is 0.533. The van der Waals surface area contributed by atoms with Crippen LogP contribution in [0.2, 0.25) is 0 Å². The molecule has 0 spiro atoms. The molecule has 0 fully saturated rings. The Labute approximate surface area is 252 Å². The average Bonchev–Trinajstić information content (AvgIpc) is 3.29.